The van der Waals surface area contributed by atoms with Crippen LogP contribution in [-0.4, -0.2) is 38.3 Å². The smallest absolute Gasteiger partial charge is 0.126 e. The average Bonchev–Trinajstić information content (AvgIpc) is 1.80. The van der Waals surface area contributed by atoms with Crippen molar-refractivity contribution in [2.24, 2.45) is 5.73 Å². The van der Waals surface area contributed by atoms with Gasteiger partial charge in [0, 0.05) is 7.11 Å². The minimum Gasteiger partial charge on any atom is -0.382 e. The highest BCUT2D eigenvalue weighted by Crippen LogP contribution is 1.76. The molecule has 3 N–H and O–H groups in total. The van der Waals surface area contributed by atoms with Gasteiger partial charge in [0.25, 0.3) is 0 Å². The molecule has 4 nitrogen and oxygen atoms in total. The summed E-state index contributed by atoms with van der Waals surface area (Å²) in [6.45, 7) is 1.18. The molecule has 0 saturated heterocycles. The number of aliphatic hydroxyl groups is 1. The largest absolute Gasteiger partial charge is 0.382 e. The summed E-state index contributed by atoms with van der Waals surface area (Å²) in [6.07, 6.45) is -0.873. The van der Waals surface area contributed by atoms with E-state index in [9.17, 15) is 0 Å². The van der Waals surface area contributed by atoms with E-state index in [1.165, 1.54) is 0 Å². The van der Waals surface area contributed by atoms with Gasteiger partial charge in [-0.25, -0.2) is 0 Å². The maximum atomic E-state index is 8.46. The van der Waals surface area contributed by atoms with Crippen LogP contribution in [0.15, 0.2) is 0 Å². The molecule has 0 saturated carbocycles. The number of methoxy groups -OCH3 is 1. The van der Waals surface area contributed by atoms with E-state index in [1.54, 1.807) is 7.11 Å². The Morgan fingerprint density at radius 1 is 1.56 bits per heavy atom. The Morgan fingerprint density at radius 2 is 2.22 bits per heavy atom. The van der Waals surface area contributed by atoms with Crippen molar-refractivity contribution in [3.63, 3.8) is 0 Å². The first-order valence-corrected chi connectivity index (χ1v) is 2.77. The first-order valence-electron chi connectivity index (χ1n) is 2.77. The van der Waals surface area contributed by atoms with E-state index in [2.05, 4.69) is 4.74 Å². The van der Waals surface area contributed by atoms with E-state index >= 15 is 0 Å². The SMILES string of the molecule is COCCOCC(N)O. The van der Waals surface area contributed by atoms with Crippen molar-refractivity contribution < 1.29 is 14.6 Å². The molecule has 0 spiro atoms. The van der Waals surface area contributed by atoms with Crippen LogP contribution in [0.3, 0.4) is 0 Å². The summed E-state index contributed by atoms with van der Waals surface area (Å²) >= 11 is 0. The molecule has 0 fully saturated rings. The predicted octanol–water partition coefficient (Wildman–Crippen LogP) is -1.07. The molecule has 0 aromatic heterocycles. The zero-order valence-electron chi connectivity index (χ0n) is 5.54. The number of hydrogen-bond acceptors (Lipinski definition) is 4. The molecule has 1 atom stereocenters. The number of rotatable bonds is 5. The lowest BCUT2D eigenvalue weighted by Gasteiger charge is -2.04. The van der Waals surface area contributed by atoms with E-state index in [-0.39, 0.29) is 6.61 Å². The summed E-state index contributed by atoms with van der Waals surface area (Å²) < 4.78 is 9.51. The molecule has 1 unspecified atom stereocenters. The zero-order valence-corrected chi connectivity index (χ0v) is 5.54. The molecule has 0 aromatic carbocycles. The minimum absolute atomic E-state index is 0.170. The molecule has 0 heterocycles. The van der Waals surface area contributed by atoms with Crippen LogP contribution in [0.5, 0.6) is 0 Å². The maximum absolute atomic E-state index is 8.46. The Labute approximate surface area is 54.6 Å². The molecule has 0 amide bonds. The fourth-order valence-electron chi connectivity index (χ4n) is 0.346. The van der Waals surface area contributed by atoms with Gasteiger partial charge in [-0.3, -0.25) is 0 Å². The fraction of sp³-hybridized carbons (Fsp3) is 1.00. The third-order valence-electron chi connectivity index (χ3n) is 0.720. The lowest BCUT2D eigenvalue weighted by Crippen LogP contribution is -2.25. The van der Waals surface area contributed by atoms with Crippen molar-refractivity contribution in [1.82, 2.24) is 0 Å². The third-order valence-corrected chi connectivity index (χ3v) is 0.720. The van der Waals surface area contributed by atoms with Gasteiger partial charge in [-0.1, -0.05) is 0 Å². The molecule has 0 rings (SSSR count). The summed E-state index contributed by atoms with van der Waals surface area (Å²) in [4.78, 5) is 0. The van der Waals surface area contributed by atoms with Crippen LogP contribution in [0.1, 0.15) is 0 Å². The van der Waals surface area contributed by atoms with E-state index in [0.29, 0.717) is 13.2 Å². The second-order valence-electron chi connectivity index (χ2n) is 1.64. The van der Waals surface area contributed by atoms with E-state index in [1.807, 2.05) is 0 Å². The summed E-state index contributed by atoms with van der Waals surface area (Å²) in [5, 5.41) is 8.46. The van der Waals surface area contributed by atoms with Gasteiger partial charge in [-0.05, 0) is 0 Å². The number of hydrogen-bond donors (Lipinski definition) is 2. The van der Waals surface area contributed by atoms with Gasteiger partial charge < -0.3 is 20.3 Å². The predicted molar refractivity (Wildman–Crippen MR) is 32.9 cm³/mol. The van der Waals surface area contributed by atoms with Gasteiger partial charge in [-0.2, -0.15) is 0 Å². The Hall–Kier alpha value is -0.160. The quantitative estimate of drug-likeness (QED) is 0.372. The monoisotopic (exact) mass is 135 g/mol. The highest BCUT2D eigenvalue weighted by Gasteiger charge is 1.92. The standard InChI is InChI=1S/C5H13NO3/c1-8-2-3-9-4-5(6)7/h5,7H,2-4,6H2,1H3. The van der Waals surface area contributed by atoms with Gasteiger partial charge in [0.15, 0.2) is 0 Å². The minimum atomic E-state index is -0.873. The molecule has 0 aromatic rings. The molecule has 9 heavy (non-hydrogen) atoms. The third kappa shape index (κ3) is 7.84. The fourth-order valence-corrected chi connectivity index (χ4v) is 0.346. The van der Waals surface area contributed by atoms with Crippen molar-refractivity contribution in [2.75, 3.05) is 26.9 Å². The number of aliphatic hydroxyl groups excluding tert-OH is 1. The van der Waals surface area contributed by atoms with Crippen LogP contribution in [0.25, 0.3) is 0 Å². The topological polar surface area (TPSA) is 64.7 Å². The number of ether oxygens (including phenoxy) is 2. The van der Waals surface area contributed by atoms with Crippen LogP contribution in [0.4, 0.5) is 0 Å². The summed E-state index contributed by atoms with van der Waals surface area (Å²) in [6, 6.07) is 0. The van der Waals surface area contributed by atoms with Gasteiger partial charge in [0.05, 0.1) is 19.8 Å². The molecule has 0 bridgehead atoms. The Balaban J connectivity index is 2.75. The average molecular weight is 135 g/mol. The first kappa shape index (κ1) is 8.84. The number of nitrogens with two attached hydrogens (primary N) is 1. The molecule has 0 aliphatic carbocycles. The Kier molecular flexibility index (Phi) is 5.86. The van der Waals surface area contributed by atoms with Crippen molar-refractivity contribution in [2.45, 2.75) is 6.23 Å². The van der Waals surface area contributed by atoms with E-state index < -0.39 is 6.23 Å². The van der Waals surface area contributed by atoms with Crippen molar-refractivity contribution in [3.05, 3.63) is 0 Å². The van der Waals surface area contributed by atoms with Crippen molar-refractivity contribution >= 4 is 0 Å². The molecule has 4 heteroatoms. The molecular formula is C5H13NO3. The second-order valence-corrected chi connectivity index (χ2v) is 1.64. The highest BCUT2D eigenvalue weighted by atomic mass is 16.5. The summed E-state index contributed by atoms with van der Waals surface area (Å²) in [7, 11) is 1.59. The van der Waals surface area contributed by atoms with Gasteiger partial charge >= 0.3 is 0 Å². The lowest BCUT2D eigenvalue weighted by molar-refractivity contribution is 0.0159. The van der Waals surface area contributed by atoms with E-state index in [0.717, 1.165) is 0 Å². The lowest BCUT2D eigenvalue weighted by atomic mass is 10.6. The summed E-state index contributed by atoms with van der Waals surface area (Å²) in [5.74, 6) is 0. The highest BCUT2D eigenvalue weighted by molar-refractivity contribution is 4.37. The van der Waals surface area contributed by atoms with Crippen LogP contribution >= 0.6 is 0 Å². The van der Waals surface area contributed by atoms with Gasteiger partial charge in [0.1, 0.15) is 6.23 Å². The van der Waals surface area contributed by atoms with Gasteiger partial charge in [-0.15, -0.1) is 0 Å². The van der Waals surface area contributed by atoms with Crippen LogP contribution in [0.2, 0.25) is 0 Å². The van der Waals surface area contributed by atoms with Crippen LogP contribution in [0, 0.1) is 0 Å². The van der Waals surface area contributed by atoms with Crippen LogP contribution in [-0.2, 0) is 9.47 Å². The summed E-state index contributed by atoms with van der Waals surface area (Å²) in [5.41, 5.74) is 4.96. The van der Waals surface area contributed by atoms with Crippen molar-refractivity contribution in [3.8, 4) is 0 Å². The normalized spacial score (nSPS) is 13.7. The molecule has 56 valence electrons. The zero-order chi connectivity index (χ0) is 7.11. The molecule has 0 aliphatic rings. The van der Waals surface area contributed by atoms with Crippen LogP contribution < -0.4 is 5.73 Å². The van der Waals surface area contributed by atoms with Crippen molar-refractivity contribution in [1.29, 1.82) is 0 Å². The van der Waals surface area contributed by atoms with Gasteiger partial charge in [0.2, 0.25) is 0 Å². The second kappa shape index (κ2) is 5.97. The maximum Gasteiger partial charge on any atom is 0.126 e. The van der Waals surface area contributed by atoms with E-state index in [4.69, 9.17) is 15.6 Å². The Bertz CT molecular complexity index is 58.2. The Morgan fingerprint density at radius 3 is 2.67 bits per heavy atom. The first-order chi connectivity index (χ1) is 4.27. The molecular weight excluding hydrogens is 122 g/mol. The molecule has 0 radical (unpaired) electrons. The molecule has 0 aliphatic heterocycles.